The second kappa shape index (κ2) is 6.57. The van der Waals surface area contributed by atoms with Crippen LogP contribution in [-0.2, 0) is 6.42 Å². The van der Waals surface area contributed by atoms with Crippen LogP contribution in [0.2, 0.25) is 0 Å². The monoisotopic (exact) mass is 346 g/mol. The first kappa shape index (κ1) is 17.3. The molecule has 0 aromatic heterocycles. The molecule has 0 heterocycles. The number of phenolic OH excluding ortho intramolecular Hbond substituents is 1. The Morgan fingerprint density at radius 1 is 1.20 bits per heavy atom. The third-order valence-corrected chi connectivity index (χ3v) is 7.79. The summed E-state index contributed by atoms with van der Waals surface area (Å²) < 4.78 is 12.6. The molecule has 3 heteroatoms. The molecule has 0 spiro atoms. The van der Waals surface area contributed by atoms with Gasteiger partial charge in [0.2, 0.25) is 0 Å². The van der Waals surface area contributed by atoms with E-state index in [1.165, 1.54) is 11.1 Å². The minimum atomic E-state index is -0.224. The van der Waals surface area contributed by atoms with Crippen molar-refractivity contribution in [3.05, 3.63) is 29.3 Å². The predicted molar refractivity (Wildman–Crippen MR) is 97.4 cm³/mol. The van der Waals surface area contributed by atoms with E-state index < -0.39 is 0 Å². The molecule has 4 rings (SSSR count). The van der Waals surface area contributed by atoms with Crippen LogP contribution in [0.4, 0.5) is 4.39 Å². The van der Waals surface area contributed by atoms with Gasteiger partial charge in [0.1, 0.15) is 5.75 Å². The van der Waals surface area contributed by atoms with Gasteiger partial charge >= 0.3 is 0 Å². The van der Waals surface area contributed by atoms with Crippen LogP contribution in [0.25, 0.3) is 0 Å². The molecule has 6 atom stereocenters. The quantitative estimate of drug-likeness (QED) is 0.755. The molecule has 0 bridgehead atoms. The van der Waals surface area contributed by atoms with Gasteiger partial charge in [0, 0.05) is 0 Å². The number of aromatic hydroxyl groups is 1. The molecule has 3 aliphatic carbocycles. The van der Waals surface area contributed by atoms with Crippen molar-refractivity contribution in [1.82, 2.24) is 0 Å². The highest BCUT2D eigenvalue weighted by molar-refractivity contribution is 5.40. The van der Waals surface area contributed by atoms with Gasteiger partial charge in [0.25, 0.3) is 0 Å². The van der Waals surface area contributed by atoms with Crippen molar-refractivity contribution in [3.8, 4) is 5.75 Å². The minimum Gasteiger partial charge on any atom is -0.508 e. The molecule has 0 radical (unpaired) electrons. The first-order valence-corrected chi connectivity index (χ1v) is 10.1. The Labute approximate surface area is 150 Å². The first-order chi connectivity index (χ1) is 12.0. The Hall–Kier alpha value is -1.09. The van der Waals surface area contributed by atoms with Crippen molar-refractivity contribution in [1.29, 1.82) is 0 Å². The van der Waals surface area contributed by atoms with Crippen molar-refractivity contribution in [2.75, 3.05) is 6.67 Å². The zero-order valence-corrected chi connectivity index (χ0v) is 15.3. The molecule has 2 fully saturated rings. The molecular formula is C22H31FO2. The van der Waals surface area contributed by atoms with Crippen LogP contribution in [0.1, 0.15) is 68.9 Å². The molecular weight excluding hydrogens is 315 g/mol. The number of benzene rings is 1. The minimum absolute atomic E-state index is 0.0634. The largest absolute Gasteiger partial charge is 0.508 e. The molecule has 1 aromatic carbocycles. The predicted octanol–water partition coefficient (Wildman–Crippen LogP) is 4.98. The molecule has 2 saturated carbocycles. The summed E-state index contributed by atoms with van der Waals surface area (Å²) in [5.41, 5.74) is 2.79. The first-order valence-electron chi connectivity index (χ1n) is 10.1. The van der Waals surface area contributed by atoms with E-state index in [9.17, 15) is 14.6 Å². The Bertz CT molecular complexity index is 630. The lowest BCUT2D eigenvalue weighted by atomic mass is 9.52. The molecule has 138 valence electrons. The van der Waals surface area contributed by atoms with Gasteiger partial charge in [-0.25, -0.2) is 0 Å². The van der Waals surface area contributed by atoms with Gasteiger partial charge in [-0.2, -0.15) is 0 Å². The van der Waals surface area contributed by atoms with Crippen LogP contribution in [0.15, 0.2) is 18.2 Å². The normalized spacial score (nSPS) is 39.6. The van der Waals surface area contributed by atoms with E-state index in [1.54, 1.807) is 0 Å². The van der Waals surface area contributed by atoms with Crippen LogP contribution in [0.3, 0.4) is 0 Å². The van der Waals surface area contributed by atoms with E-state index in [4.69, 9.17) is 0 Å². The number of hydrogen-bond donors (Lipinski definition) is 2. The van der Waals surface area contributed by atoms with Crippen LogP contribution in [0.5, 0.6) is 5.75 Å². The summed E-state index contributed by atoms with van der Waals surface area (Å²) in [4.78, 5) is 0. The number of phenols is 1. The number of alkyl halides is 1. The highest BCUT2D eigenvalue weighted by Crippen LogP contribution is 2.62. The lowest BCUT2D eigenvalue weighted by Crippen LogP contribution is -2.47. The topological polar surface area (TPSA) is 40.5 Å². The van der Waals surface area contributed by atoms with Crippen molar-refractivity contribution in [3.63, 3.8) is 0 Å². The Kier molecular flexibility index (Phi) is 4.56. The van der Waals surface area contributed by atoms with E-state index in [0.717, 1.165) is 44.9 Å². The van der Waals surface area contributed by atoms with Gasteiger partial charge in [-0.3, -0.25) is 4.39 Å². The zero-order chi connectivity index (χ0) is 17.6. The van der Waals surface area contributed by atoms with Crippen LogP contribution < -0.4 is 0 Å². The maximum atomic E-state index is 12.6. The van der Waals surface area contributed by atoms with Crippen molar-refractivity contribution in [2.24, 2.45) is 23.2 Å². The van der Waals surface area contributed by atoms with Gasteiger partial charge in [0.15, 0.2) is 0 Å². The molecule has 0 saturated heterocycles. The number of unbranched alkanes of at least 4 members (excludes halogenated alkanes) is 1. The number of aliphatic hydroxyl groups is 1. The van der Waals surface area contributed by atoms with Crippen LogP contribution in [-0.4, -0.2) is 23.0 Å². The van der Waals surface area contributed by atoms with E-state index in [-0.39, 0.29) is 18.2 Å². The van der Waals surface area contributed by atoms with Gasteiger partial charge in [0.05, 0.1) is 12.8 Å². The Balaban J connectivity index is 1.69. The number of halogens is 1. The lowest BCUT2D eigenvalue weighted by Gasteiger charge is -2.53. The molecule has 0 aliphatic heterocycles. The van der Waals surface area contributed by atoms with Crippen molar-refractivity contribution < 1.29 is 14.6 Å². The molecule has 2 nitrogen and oxygen atoms in total. The Morgan fingerprint density at radius 2 is 2.04 bits per heavy atom. The average molecular weight is 346 g/mol. The van der Waals surface area contributed by atoms with Crippen molar-refractivity contribution >= 4 is 0 Å². The number of hydrogen-bond acceptors (Lipinski definition) is 2. The molecule has 25 heavy (non-hydrogen) atoms. The van der Waals surface area contributed by atoms with Gasteiger partial charge < -0.3 is 10.2 Å². The van der Waals surface area contributed by atoms with E-state index in [2.05, 4.69) is 13.0 Å². The maximum absolute atomic E-state index is 12.6. The SMILES string of the molecule is C[C@]12CCC3c4ccc(O)cc4C[C@@H](CCCCF)C3C1CC[C@@H]2O. The van der Waals surface area contributed by atoms with Gasteiger partial charge in [-0.05, 0) is 97.3 Å². The second-order valence-corrected chi connectivity index (χ2v) is 8.96. The summed E-state index contributed by atoms with van der Waals surface area (Å²) in [6.45, 7) is 2.08. The third kappa shape index (κ3) is 2.79. The maximum Gasteiger partial charge on any atom is 0.115 e. The fourth-order valence-corrected chi connectivity index (χ4v) is 6.53. The van der Waals surface area contributed by atoms with E-state index in [1.807, 2.05) is 12.1 Å². The molecule has 3 unspecified atom stereocenters. The number of rotatable bonds is 4. The third-order valence-electron chi connectivity index (χ3n) is 7.79. The summed E-state index contributed by atoms with van der Waals surface area (Å²) >= 11 is 0. The van der Waals surface area contributed by atoms with Crippen molar-refractivity contribution in [2.45, 2.75) is 70.3 Å². The summed E-state index contributed by atoms with van der Waals surface area (Å²) in [5.74, 6) is 2.65. The summed E-state index contributed by atoms with van der Waals surface area (Å²) in [6, 6.07) is 5.91. The van der Waals surface area contributed by atoms with Crippen LogP contribution in [0, 0.1) is 23.2 Å². The molecule has 1 aromatic rings. The summed E-state index contributed by atoms with van der Waals surface area (Å²) in [5, 5.41) is 20.6. The fraction of sp³-hybridized carbons (Fsp3) is 0.727. The van der Waals surface area contributed by atoms with Gasteiger partial charge in [-0.1, -0.05) is 19.4 Å². The number of fused-ring (bicyclic) bond motifs is 5. The highest BCUT2D eigenvalue weighted by Gasteiger charge is 2.56. The highest BCUT2D eigenvalue weighted by atomic mass is 19.1. The Morgan fingerprint density at radius 3 is 2.84 bits per heavy atom. The second-order valence-electron chi connectivity index (χ2n) is 8.96. The fourth-order valence-electron chi connectivity index (χ4n) is 6.53. The smallest absolute Gasteiger partial charge is 0.115 e. The average Bonchev–Trinajstić information content (AvgIpc) is 2.90. The van der Waals surface area contributed by atoms with E-state index in [0.29, 0.717) is 35.8 Å². The van der Waals surface area contributed by atoms with E-state index >= 15 is 0 Å². The molecule has 2 N–H and O–H groups in total. The van der Waals surface area contributed by atoms with Crippen LogP contribution >= 0.6 is 0 Å². The zero-order valence-electron chi connectivity index (χ0n) is 15.3. The summed E-state index contributed by atoms with van der Waals surface area (Å²) in [6.07, 6.45) is 7.81. The standard InChI is InChI=1S/C22H31FO2/c1-22-10-9-18-17-6-5-16(24)13-15(17)12-14(4-2-3-11-23)21(18)19(22)7-8-20(22)25/h5-6,13-14,18-21,24-25H,2-4,7-12H2,1H3/t14-,18?,19?,20+,21?,22+/m1/s1. The molecule has 3 aliphatic rings. The summed E-state index contributed by atoms with van der Waals surface area (Å²) in [7, 11) is 0. The number of aliphatic hydroxyl groups excluding tert-OH is 1. The lowest BCUT2D eigenvalue weighted by molar-refractivity contribution is -0.0396. The van der Waals surface area contributed by atoms with Gasteiger partial charge in [-0.15, -0.1) is 0 Å². The molecule has 0 amide bonds.